The summed E-state index contributed by atoms with van der Waals surface area (Å²) in [5, 5.41) is 40.1. The molecule has 0 aliphatic heterocycles. The van der Waals surface area contributed by atoms with Crippen LogP contribution in [-0.4, -0.2) is 128 Å². The Hall–Kier alpha value is -6.66. The zero-order valence-electron chi connectivity index (χ0n) is 39.6. The molecule has 0 fully saturated rings. The van der Waals surface area contributed by atoms with Gasteiger partial charge in [0.25, 0.3) is 0 Å². The van der Waals surface area contributed by atoms with Crippen LogP contribution in [0.4, 0.5) is 0 Å². The molecule has 0 spiro atoms. The van der Waals surface area contributed by atoms with Crippen LogP contribution in [0.15, 0.2) is 36.8 Å². The number of aromatic hydroxyl groups is 1. The van der Waals surface area contributed by atoms with E-state index in [1.807, 2.05) is 27.7 Å². The fraction of sp³-hybridized carbons (Fsp3) is 0.591. The van der Waals surface area contributed by atoms with Crippen LogP contribution in [0, 0.1) is 11.8 Å². The van der Waals surface area contributed by atoms with Crippen LogP contribution < -0.4 is 55.3 Å². The Labute approximate surface area is 396 Å². The highest BCUT2D eigenvalue weighted by Gasteiger charge is 2.31. The van der Waals surface area contributed by atoms with Gasteiger partial charge in [0.2, 0.25) is 53.2 Å². The van der Waals surface area contributed by atoms with Crippen molar-refractivity contribution in [2.45, 2.75) is 142 Å². The quantitative estimate of drug-likeness (QED) is 0.0372. The first-order valence-corrected chi connectivity index (χ1v) is 22.3. The first-order valence-electron chi connectivity index (χ1n) is 22.3. The summed E-state index contributed by atoms with van der Waals surface area (Å²) in [6.07, 6.45) is 5.31. The van der Waals surface area contributed by atoms with Gasteiger partial charge in [-0.3, -0.25) is 43.2 Å². The van der Waals surface area contributed by atoms with Crippen molar-refractivity contribution in [3.63, 3.8) is 0 Å². The lowest BCUT2D eigenvalue weighted by molar-refractivity contribution is -0.135. The molecule has 19 N–H and O–H groups in total. The van der Waals surface area contributed by atoms with E-state index in [0.29, 0.717) is 44.6 Å². The second-order valence-electron chi connectivity index (χ2n) is 16.5. The first kappa shape index (κ1) is 61.3. The normalized spacial score (nSPS) is 13.7. The number of carbonyl (C=O) groups excluding carboxylic acids is 9. The second-order valence-corrected chi connectivity index (χ2v) is 16.5. The van der Waals surface area contributed by atoms with Crippen molar-refractivity contribution in [3.05, 3.63) is 48.0 Å². The molecule has 1 aromatic heterocycles. The molecule has 68 heavy (non-hydrogen) atoms. The number of imidazole rings is 1. The van der Waals surface area contributed by atoms with Gasteiger partial charge in [0, 0.05) is 37.6 Å². The van der Waals surface area contributed by atoms with Crippen molar-refractivity contribution in [2.75, 3.05) is 13.2 Å². The maximum absolute atomic E-state index is 12.6. The Morgan fingerprint density at radius 1 is 0.691 bits per heavy atom. The fourth-order valence-corrected chi connectivity index (χ4v) is 5.89. The van der Waals surface area contributed by atoms with Crippen LogP contribution in [-0.2, 0) is 56.0 Å². The van der Waals surface area contributed by atoms with E-state index in [4.69, 9.17) is 33.8 Å². The number of hydrogen-bond acceptors (Lipinski definition) is 14. The average Bonchev–Trinajstić information content (AvgIpc) is 3.78. The number of nitrogens with two attached hydrogens (primary N) is 5. The number of hydrogen-bond donors (Lipinski definition) is 14. The van der Waals surface area contributed by atoms with E-state index >= 15 is 0 Å². The summed E-state index contributed by atoms with van der Waals surface area (Å²) in [6.45, 7) is 9.09. The highest BCUT2D eigenvalue weighted by atomic mass is 16.3. The number of unbranched alkanes of at least 4 members (excludes halogenated alkanes) is 1. The number of aromatic nitrogens is 2. The van der Waals surface area contributed by atoms with Gasteiger partial charge < -0.3 is 75.6 Å². The molecule has 0 aliphatic rings. The third kappa shape index (κ3) is 27.1. The van der Waals surface area contributed by atoms with E-state index in [1.54, 1.807) is 30.5 Å². The molecule has 0 bridgehead atoms. The van der Waals surface area contributed by atoms with Crippen LogP contribution in [0.25, 0.3) is 0 Å². The standard InChI is InChI=1S/C17H32N6O7.C15H22N2O3.C12H20N4O2/c1-9(25)14(23-13(27)5-7-24)17(30)21-10(4-2-3-6-18)16(29)22-11(15(20)28)8-12(19)26;1-3-10(2)14(15(16)20)17-13(19)9-6-11-4-7-12(18)8-5-11;1-8(2)3-4-11(17)16-10(12(13)18)5-9-6-14-7-15-9/h9-11,14,24-25H,2-8,18H2,1H3,(H2,19,26)(H2,20,28)(H,21,30)(H,22,29)(H,23,27);4-5,7-8,10,14,18H,3,6,9H2,1-2H3,(H2,16,20)(H,17,19);6-8,10H,3-5H2,1-2H3,(H2,13,18)(H,14,15)(H,16,17)/t9-,10+,11?,14?;;/m1../s1. The number of nitrogens with zero attached hydrogens (tertiary/aromatic N) is 1. The van der Waals surface area contributed by atoms with Crippen LogP contribution >= 0.6 is 0 Å². The maximum atomic E-state index is 12.6. The molecule has 0 saturated heterocycles. The van der Waals surface area contributed by atoms with Crippen LogP contribution in [0.1, 0.15) is 104 Å². The minimum absolute atomic E-state index is 0.0186. The summed E-state index contributed by atoms with van der Waals surface area (Å²) in [6, 6.07) is 1.49. The van der Waals surface area contributed by atoms with Gasteiger partial charge in [-0.15, -0.1) is 0 Å². The molecule has 1 heterocycles. The number of phenolic OH excluding ortho intramolecular Hbond substituents is 1. The summed E-state index contributed by atoms with van der Waals surface area (Å²) in [4.78, 5) is 112. The molecular weight excluding hydrogens is 889 g/mol. The zero-order chi connectivity index (χ0) is 51.9. The molecule has 5 unspecified atom stereocenters. The van der Waals surface area contributed by atoms with Gasteiger partial charge in [-0.1, -0.05) is 46.2 Å². The number of nitrogens with one attached hydrogen (secondary N) is 6. The van der Waals surface area contributed by atoms with Gasteiger partial charge in [0.05, 0.1) is 25.5 Å². The van der Waals surface area contributed by atoms with E-state index in [9.17, 15) is 53.4 Å². The van der Waals surface area contributed by atoms with E-state index in [2.05, 4.69) is 36.6 Å². The van der Waals surface area contributed by atoms with Crippen molar-refractivity contribution in [2.24, 2.45) is 40.5 Å². The number of phenols is 1. The van der Waals surface area contributed by atoms with Gasteiger partial charge >= 0.3 is 0 Å². The number of aliphatic hydroxyl groups excluding tert-OH is 2. The zero-order valence-corrected chi connectivity index (χ0v) is 39.6. The van der Waals surface area contributed by atoms with Gasteiger partial charge in [0.1, 0.15) is 36.0 Å². The van der Waals surface area contributed by atoms with Gasteiger partial charge in [-0.25, -0.2) is 4.98 Å². The predicted octanol–water partition coefficient (Wildman–Crippen LogP) is -2.61. The third-order valence-corrected chi connectivity index (χ3v) is 10.1. The average molecular weight is 963 g/mol. The molecule has 1 aromatic carbocycles. The third-order valence-electron chi connectivity index (χ3n) is 10.1. The summed E-state index contributed by atoms with van der Waals surface area (Å²) < 4.78 is 0. The van der Waals surface area contributed by atoms with Crippen LogP contribution in [0.5, 0.6) is 5.75 Å². The molecule has 2 aromatic rings. The molecule has 0 aliphatic carbocycles. The number of primary amides is 4. The van der Waals surface area contributed by atoms with Gasteiger partial charge in [-0.05, 0) is 75.1 Å². The Bertz CT molecular complexity index is 1880. The molecule has 24 heteroatoms. The summed E-state index contributed by atoms with van der Waals surface area (Å²) in [5.74, 6) is -4.86. The first-order chi connectivity index (χ1) is 31.9. The van der Waals surface area contributed by atoms with Crippen LogP contribution in [0.2, 0.25) is 0 Å². The highest BCUT2D eigenvalue weighted by molar-refractivity contribution is 5.95. The Morgan fingerprint density at radius 2 is 1.26 bits per heavy atom. The minimum atomic E-state index is -1.38. The van der Waals surface area contributed by atoms with Gasteiger partial charge in [-0.2, -0.15) is 0 Å². The molecular formula is C44H74N12O12. The van der Waals surface area contributed by atoms with E-state index in [0.717, 1.165) is 24.1 Å². The summed E-state index contributed by atoms with van der Waals surface area (Å²) in [7, 11) is 0. The molecule has 7 atom stereocenters. The Kier molecular flexibility index (Phi) is 30.4. The summed E-state index contributed by atoms with van der Waals surface area (Å²) >= 11 is 0. The van der Waals surface area contributed by atoms with E-state index in [-0.39, 0.29) is 42.7 Å². The van der Waals surface area contributed by atoms with Crippen LogP contribution in [0.3, 0.4) is 0 Å². The van der Waals surface area contributed by atoms with Crippen molar-refractivity contribution in [1.82, 2.24) is 36.6 Å². The molecule has 9 amide bonds. The number of carbonyl (C=O) groups is 9. The molecule has 0 saturated carbocycles. The molecule has 2 rings (SSSR count). The number of benzene rings is 1. The number of rotatable bonds is 29. The second kappa shape index (κ2) is 33.8. The van der Waals surface area contributed by atoms with Crippen molar-refractivity contribution in [1.29, 1.82) is 0 Å². The summed E-state index contributed by atoms with van der Waals surface area (Å²) in [5.41, 5.74) is 27.9. The molecule has 382 valence electrons. The topological polar surface area (TPSA) is 433 Å². The maximum Gasteiger partial charge on any atom is 0.245 e. The monoisotopic (exact) mass is 963 g/mol. The van der Waals surface area contributed by atoms with Crippen molar-refractivity contribution in [3.8, 4) is 5.75 Å². The lowest BCUT2D eigenvalue weighted by atomic mass is 9.98. The predicted molar refractivity (Wildman–Crippen MR) is 250 cm³/mol. The number of aromatic amines is 1. The Balaban J connectivity index is 0.00000103. The van der Waals surface area contributed by atoms with E-state index < -0.39 is 90.7 Å². The number of amides is 9. The lowest BCUT2D eigenvalue weighted by Crippen LogP contribution is -2.58. The fourth-order valence-electron chi connectivity index (χ4n) is 5.89. The number of aryl methyl sites for hydroxylation is 1. The smallest absolute Gasteiger partial charge is 0.245 e. The molecule has 24 nitrogen and oxygen atoms in total. The van der Waals surface area contributed by atoms with Crippen molar-refractivity contribution >= 4 is 53.2 Å². The van der Waals surface area contributed by atoms with Gasteiger partial charge in [0.15, 0.2) is 0 Å². The van der Waals surface area contributed by atoms with E-state index in [1.165, 1.54) is 13.3 Å². The molecule has 0 radical (unpaired) electrons. The largest absolute Gasteiger partial charge is 0.508 e. The van der Waals surface area contributed by atoms with Crippen molar-refractivity contribution < 1.29 is 58.5 Å². The number of aliphatic hydroxyl groups is 2. The minimum Gasteiger partial charge on any atom is -0.508 e. The lowest BCUT2D eigenvalue weighted by Gasteiger charge is -2.25. The number of H-pyrrole nitrogens is 1. The highest BCUT2D eigenvalue weighted by Crippen LogP contribution is 2.12. The Morgan fingerprint density at radius 3 is 1.75 bits per heavy atom. The SMILES string of the molecule is CC(C)CCC(=O)NC(Cc1cnc[nH]1)C(N)=O.CCC(C)C(NC(=O)CCc1ccc(O)cc1)C(N)=O.C[C@@H](O)C(NC(=O)CCO)C(=O)N[C@@H](CCCCN)C(=O)NC(CC(N)=O)C(N)=O.